The lowest BCUT2D eigenvalue weighted by molar-refractivity contribution is -0.134. The Morgan fingerprint density at radius 3 is 2.17 bits per heavy atom. The number of nitrogens with zero attached hydrogens (tertiary/aromatic N) is 2. The second-order valence-electron chi connectivity index (χ2n) is 8.57. The monoisotopic (exact) mass is 398 g/mol. The molecule has 3 aromatic rings. The molecular weight excluding hydrogens is 372 g/mol. The van der Waals surface area contributed by atoms with Crippen LogP contribution in [0, 0.1) is 5.92 Å². The molecule has 3 heterocycles. The fourth-order valence-electron chi connectivity index (χ4n) is 5.20. The molecule has 0 unspecified atom stereocenters. The maximum absolute atomic E-state index is 13.4. The summed E-state index contributed by atoms with van der Waals surface area (Å²) in [7, 11) is 0. The highest BCUT2D eigenvalue weighted by atomic mass is 16.2. The molecule has 4 nitrogen and oxygen atoms in total. The summed E-state index contributed by atoms with van der Waals surface area (Å²) in [6, 6.07) is 26.1. The van der Waals surface area contributed by atoms with Gasteiger partial charge in [-0.25, -0.2) is 0 Å². The van der Waals surface area contributed by atoms with E-state index < -0.39 is 0 Å². The van der Waals surface area contributed by atoms with Crippen LogP contribution in [-0.4, -0.2) is 28.5 Å². The molecule has 2 aliphatic rings. The molecule has 0 saturated carbocycles. The van der Waals surface area contributed by atoms with E-state index in [1.54, 1.807) is 6.07 Å². The molecule has 2 atom stereocenters. The minimum absolute atomic E-state index is 0.0524. The summed E-state index contributed by atoms with van der Waals surface area (Å²) in [5.41, 5.74) is 3.51. The van der Waals surface area contributed by atoms with Gasteiger partial charge in [-0.2, -0.15) is 0 Å². The second-order valence-corrected chi connectivity index (χ2v) is 8.57. The molecule has 1 fully saturated rings. The molecule has 4 heteroatoms. The smallest absolute Gasteiger partial charge is 0.250 e. The zero-order chi connectivity index (χ0) is 20.5. The van der Waals surface area contributed by atoms with Crippen LogP contribution in [0.4, 0.5) is 0 Å². The van der Waals surface area contributed by atoms with Crippen LogP contribution in [-0.2, 0) is 11.3 Å². The SMILES string of the molecule is O=C(CC(c1ccccc1)c1ccccc1)N1C[C@@H]2C[C@@H](C1)c1cccc(=O)n1C2. The third-order valence-corrected chi connectivity index (χ3v) is 6.62. The van der Waals surface area contributed by atoms with Gasteiger partial charge in [-0.3, -0.25) is 9.59 Å². The van der Waals surface area contributed by atoms with Crippen molar-refractivity contribution >= 4 is 5.91 Å². The van der Waals surface area contributed by atoms with Gasteiger partial charge in [-0.1, -0.05) is 66.7 Å². The van der Waals surface area contributed by atoms with Crippen LogP contribution in [0.3, 0.4) is 0 Å². The summed E-state index contributed by atoms with van der Waals surface area (Å²) in [6.07, 6.45) is 1.53. The number of benzene rings is 2. The lowest BCUT2D eigenvalue weighted by Gasteiger charge is -2.43. The molecule has 0 radical (unpaired) electrons. The van der Waals surface area contributed by atoms with Crippen molar-refractivity contribution in [3.63, 3.8) is 0 Å². The standard InChI is InChI=1S/C26H26N2O2/c29-25-13-7-12-24-22-14-19(17-28(24)25)16-27(18-22)26(30)15-23(20-8-3-1-4-9-20)21-10-5-2-6-11-21/h1-13,19,22-23H,14-18H2/t19-,22-/m0/s1. The number of aromatic nitrogens is 1. The molecule has 2 bridgehead atoms. The molecule has 1 amide bonds. The Bertz CT molecular complexity index is 1050. The van der Waals surface area contributed by atoms with Crippen LogP contribution in [0.1, 0.15) is 41.5 Å². The summed E-state index contributed by atoms with van der Waals surface area (Å²) in [6.45, 7) is 2.16. The number of amides is 1. The van der Waals surface area contributed by atoms with Crippen molar-refractivity contribution in [2.45, 2.75) is 31.2 Å². The second kappa shape index (κ2) is 7.94. The molecule has 0 aliphatic carbocycles. The molecule has 30 heavy (non-hydrogen) atoms. The van der Waals surface area contributed by atoms with Gasteiger partial charge >= 0.3 is 0 Å². The van der Waals surface area contributed by atoms with Crippen LogP contribution < -0.4 is 5.56 Å². The van der Waals surface area contributed by atoms with Crippen molar-refractivity contribution in [2.24, 2.45) is 5.92 Å². The van der Waals surface area contributed by atoms with Crippen molar-refractivity contribution in [2.75, 3.05) is 13.1 Å². The Balaban J connectivity index is 1.39. The number of piperidine rings is 1. The number of carbonyl (C=O) groups is 1. The fourth-order valence-corrected chi connectivity index (χ4v) is 5.20. The van der Waals surface area contributed by atoms with Gasteiger partial charge in [0, 0.05) is 49.7 Å². The van der Waals surface area contributed by atoms with Crippen LogP contribution >= 0.6 is 0 Å². The first-order chi connectivity index (χ1) is 14.7. The first-order valence-electron chi connectivity index (χ1n) is 10.8. The van der Waals surface area contributed by atoms with Crippen LogP contribution in [0.25, 0.3) is 0 Å². The van der Waals surface area contributed by atoms with E-state index in [9.17, 15) is 9.59 Å². The van der Waals surface area contributed by atoms with E-state index in [4.69, 9.17) is 0 Å². The molecule has 1 saturated heterocycles. The quantitative estimate of drug-likeness (QED) is 0.666. The number of pyridine rings is 1. The molecule has 1 aromatic heterocycles. The van der Waals surface area contributed by atoms with E-state index in [1.807, 2.05) is 58.0 Å². The predicted molar refractivity (Wildman–Crippen MR) is 117 cm³/mol. The molecule has 5 rings (SSSR count). The van der Waals surface area contributed by atoms with E-state index in [2.05, 4.69) is 24.3 Å². The Kier molecular flexibility index (Phi) is 4.99. The highest BCUT2D eigenvalue weighted by Crippen LogP contribution is 2.36. The fraction of sp³-hybridized carbons (Fsp3) is 0.308. The van der Waals surface area contributed by atoms with Crippen LogP contribution in [0.2, 0.25) is 0 Å². The summed E-state index contributed by atoms with van der Waals surface area (Å²) in [4.78, 5) is 27.7. The van der Waals surface area contributed by atoms with Gasteiger partial charge in [0.05, 0.1) is 0 Å². The zero-order valence-electron chi connectivity index (χ0n) is 17.0. The number of fused-ring (bicyclic) bond motifs is 4. The molecule has 2 aromatic carbocycles. The Hall–Kier alpha value is -3.14. The highest BCUT2D eigenvalue weighted by molar-refractivity contribution is 5.78. The predicted octanol–water partition coefficient (Wildman–Crippen LogP) is 4.02. The van der Waals surface area contributed by atoms with Crippen molar-refractivity contribution in [3.8, 4) is 0 Å². The van der Waals surface area contributed by atoms with Gasteiger partial charge in [0.1, 0.15) is 0 Å². The third-order valence-electron chi connectivity index (χ3n) is 6.62. The summed E-state index contributed by atoms with van der Waals surface area (Å²) in [5, 5.41) is 0. The topological polar surface area (TPSA) is 42.3 Å². The number of rotatable bonds is 4. The summed E-state index contributed by atoms with van der Waals surface area (Å²) in [5.74, 6) is 0.861. The van der Waals surface area contributed by atoms with E-state index in [-0.39, 0.29) is 23.3 Å². The Labute approximate surface area is 176 Å². The zero-order valence-corrected chi connectivity index (χ0v) is 17.0. The van der Waals surface area contributed by atoms with Crippen molar-refractivity contribution in [3.05, 3.63) is 106 Å². The van der Waals surface area contributed by atoms with Crippen LogP contribution in [0.15, 0.2) is 83.7 Å². The van der Waals surface area contributed by atoms with Gasteiger partial charge in [0.2, 0.25) is 5.91 Å². The third kappa shape index (κ3) is 3.58. The maximum Gasteiger partial charge on any atom is 0.250 e. The average molecular weight is 399 g/mol. The summed E-state index contributed by atoms with van der Waals surface area (Å²) < 4.78 is 1.91. The lowest BCUT2D eigenvalue weighted by atomic mass is 9.82. The first-order valence-corrected chi connectivity index (χ1v) is 10.8. The lowest BCUT2D eigenvalue weighted by Crippen LogP contribution is -2.49. The number of carbonyl (C=O) groups excluding carboxylic acids is 1. The molecule has 0 spiro atoms. The number of hydrogen-bond donors (Lipinski definition) is 0. The first kappa shape index (κ1) is 18.9. The molecule has 152 valence electrons. The van der Waals surface area contributed by atoms with Gasteiger partial charge < -0.3 is 9.47 Å². The van der Waals surface area contributed by atoms with Gasteiger partial charge in [0.25, 0.3) is 5.56 Å². The van der Waals surface area contributed by atoms with Gasteiger partial charge in [0.15, 0.2) is 0 Å². The van der Waals surface area contributed by atoms with E-state index in [0.717, 1.165) is 25.2 Å². The minimum Gasteiger partial charge on any atom is -0.342 e. The molecular formula is C26H26N2O2. The number of likely N-dealkylation sites (tertiary alicyclic amines) is 1. The van der Waals surface area contributed by atoms with Gasteiger partial charge in [-0.15, -0.1) is 0 Å². The van der Waals surface area contributed by atoms with Crippen molar-refractivity contribution in [1.29, 1.82) is 0 Å². The van der Waals surface area contributed by atoms with Crippen LogP contribution in [0.5, 0.6) is 0 Å². The van der Waals surface area contributed by atoms with Gasteiger partial charge in [-0.05, 0) is 29.5 Å². The highest BCUT2D eigenvalue weighted by Gasteiger charge is 2.36. The molecule has 2 aliphatic heterocycles. The maximum atomic E-state index is 13.4. The largest absolute Gasteiger partial charge is 0.342 e. The normalized spacial score (nSPS) is 20.1. The van der Waals surface area contributed by atoms with E-state index in [1.165, 1.54) is 11.1 Å². The number of hydrogen-bond acceptors (Lipinski definition) is 2. The van der Waals surface area contributed by atoms with E-state index in [0.29, 0.717) is 18.9 Å². The summed E-state index contributed by atoms with van der Waals surface area (Å²) >= 11 is 0. The van der Waals surface area contributed by atoms with E-state index >= 15 is 0 Å². The Morgan fingerprint density at radius 2 is 1.50 bits per heavy atom. The van der Waals surface area contributed by atoms with Crippen molar-refractivity contribution < 1.29 is 4.79 Å². The minimum atomic E-state index is 0.0524. The molecule has 0 N–H and O–H groups in total. The van der Waals surface area contributed by atoms with Crippen molar-refractivity contribution in [1.82, 2.24) is 9.47 Å². The Morgan fingerprint density at radius 1 is 0.833 bits per heavy atom. The average Bonchev–Trinajstić information content (AvgIpc) is 2.79.